The summed E-state index contributed by atoms with van der Waals surface area (Å²) in [5.74, 6) is 1.37. The zero-order valence-electron chi connectivity index (χ0n) is 42.0. The molecule has 8 aromatic rings. The zero-order chi connectivity index (χ0) is 48.7. The molecule has 7 heteroatoms. The standard InChI is InChI=1S/C66H63N7/c1-41-18-16-28-49-50-29-17-19-42(2)63(50)73(62(41)49)59-39-58(72-55-31-15-13-27-52(55)61-57(72)37-36-56-60(61)51-26-12-14-30-54(51)71(56)48-24-10-5-11-25-48)47(40-67)38-53(59)66-69-64(45-22-8-4-9-23-45)68-65(70-66)46-34-32-44(33-35-46)43-20-6-3-7-21-43/h3-11,13-16,18,20-24,27-28,30-31,34,36-38,42,44,47-48,58-59,64-65,68H,12,17,19,25-26,29,32-33,35,39H2,1-2H3,(H,69,70). The van der Waals surface area contributed by atoms with E-state index < -0.39 is 5.92 Å². The Bertz CT molecular complexity index is 3730. The van der Waals surface area contributed by atoms with Crippen LogP contribution in [0.1, 0.15) is 134 Å². The number of aromatic nitrogens is 3. The molecule has 0 fully saturated rings. The minimum atomic E-state index is -0.425. The van der Waals surface area contributed by atoms with Gasteiger partial charge in [-0.3, -0.25) is 5.32 Å². The van der Waals surface area contributed by atoms with Gasteiger partial charge >= 0.3 is 0 Å². The molecule has 0 saturated carbocycles. The van der Waals surface area contributed by atoms with Crippen molar-refractivity contribution in [2.75, 3.05) is 0 Å². The van der Waals surface area contributed by atoms with Crippen molar-refractivity contribution >= 4 is 55.5 Å². The Balaban J connectivity index is 0.973. The predicted molar refractivity (Wildman–Crippen MR) is 300 cm³/mol. The van der Waals surface area contributed by atoms with Crippen LogP contribution in [-0.4, -0.2) is 25.7 Å². The average Bonchev–Trinajstić information content (AvgIpc) is 4.10. The molecule has 2 N–H and O–H groups in total. The molecule has 6 aliphatic rings. The molecule has 8 unspecified atom stereocenters. The van der Waals surface area contributed by atoms with E-state index in [-0.39, 0.29) is 30.5 Å². The van der Waals surface area contributed by atoms with Gasteiger partial charge in [-0.1, -0.05) is 147 Å². The van der Waals surface area contributed by atoms with E-state index in [1.165, 1.54) is 89.2 Å². The lowest BCUT2D eigenvalue weighted by Crippen LogP contribution is -2.53. The fraction of sp³-hybridized carbons (Fsp3) is 0.303. The number of nitrogens with one attached hydrogen (secondary N) is 2. The number of aryl methyl sites for hydroxylation is 3. The minimum absolute atomic E-state index is 0.100. The molecule has 4 heterocycles. The molecular weight excluding hydrogens is 891 g/mol. The SMILES string of the molecule is Cc1cccc2c3c(n(C4CC(n5c6ccccc6c6c7c8c(n(C9C=CC=CC9)c7ccc65)C=CCC8)C(C#N)C=C4C4=NC(c5ccccc5)NC(C5=CCC(c6ccccc6)CC5)N4)c12)C(C)CCC3. The van der Waals surface area contributed by atoms with Gasteiger partial charge in [-0.05, 0) is 141 Å². The zero-order valence-corrected chi connectivity index (χ0v) is 42.0. The maximum absolute atomic E-state index is 11.8. The lowest BCUT2D eigenvalue weighted by molar-refractivity contribution is 0.342. The average molecular weight is 954 g/mol. The maximum Gasteiger partial charge on any atom is 0.129 e. The van der Waals surface area contributed by atoms with Crippen LogP contribution in [-0.2, 0) is 12.8 Å². The first-order valence-corrected chi connectivity index (χ1v) is 27.2. The number of para-hydroxylation sites is 2. The highest BCUT2D eigenvalue weighted by Crippen LogP contribution is 2.51. The van der Waals surface area contributed by atoms with Gasteiger partial charge in [0.05, 0.1) is 46.7 Å². The van der Waals surface area contributed by atoms with Gasteiger partial charge < -0.3 is 19.0 Å². The highest BCUT2D eigenvalue weighted by atomic mass is 15.3. The summed E-state index contributed by atoms with van der Waals surface area (Å²) in [6, 6.07) is 45.5. The van der Waals surface area contributed by atoms with Crippen molar-refractivity contribution < 1.29 is 0 Å². The van der Waals surface area contributed by atoms with Gasteiger partial charge in [-0.2, -0.15) is 5.26 Å². The summed E-state index contributed by atoms with van der Waals surface area (Å²) in [6.45, 7) is 4.75. The number of nitriles is 1. The normalized spacial score (nSPS) is 25.8. The largest absolute Gasteiger partial charge is 0.351 e. The number of nitrogens with zero attached hydrogens (tertiary/aromatic N) is 5. The second-order valence-electron chi connectivity index (χ2n) is 21.8. The summed E-state index contributed by atoms with van der Waals surface area (Å²) in [7, 11) is 0. The van der Waals surface area contributed by atoms with E-state index >= 15 is 0 Å². The van der Waals surface area contributed by atoms with Crippen LogP contribution in [0, 0.1) is 24.2 Å². The van der Waals surface area contributed by atoms with Gasteiger partial charge in [0.25, 0.3) is 0 Å². The molecule has 1 aliphatic heterocycles. The van der Waals surface area contributed by atoms with E-state index in [2.05, 4.69) is 208 Å². The van der Waals surface area contributed by atoms with Crippen LogP contribution >= 0.6 is 0 Å². The molecule has 0 saturated heterocycles. The molecule has 8 atom stereocenters. The molecule has 362 valence electrons. The van der Waals surface area contributed by atoms with Gasteiger partial charge in [0, 0.05) is 44.0 Å². The molecule has 7 nitrogen and oxygen atoms in total. The number of amidine groups is 1. The number of fused-ring (bicyclic) bond motifs is 10. The van der Waals surface area contributed by atoms with Crippen molar-refractivity contribution in [2.24, 2.45) is 10.9 Å². The Morgan fingerprint density at radius 2 is 1.51 bits per heavy atom. The maximum atomic E-state index is 11.8. The van der Waals surface area contributed by atoms with Crippen LogP contribution in [0.15, 0.2) is 174 Å². The molecule has 14 rings (SSSR count). The summed E-state index contributed by atoms with van der Waals surface area (Å²) >= 11 is 0. The molecule has 5 aromatic carbocycles. The van der Waals surface area contributed by atoms with Gasteiger partial charge in [0.15, 0.2) is 0 Å². The minimum Gasteiger partial charge on any atom is -0.351 e. The monoisotopic (exact) mass is 954 g/mol. The van der Waals surface area contributed by atoms with Gasteiger partial charge in [0.2, 0.25) is 0 Å². The third-order valence-electron chi connectivity index (χ3n) is 17.7. The summed E-state index contributed by atoms with van der Waals surface area (Å²) in [5, 5.41) is 25.2. The molecule has 73 heavy (non-hydrogen) atoms. The molecular formula is C66H63N7. The number of rotatable bonds is 7. The molecule has 0 bridgehead atoms. The fourth-order valence-electron chi connectivity index (χ4n) is 14.4. The fourth-order valence-corrected chi connectivity index (χ4v) is 14.4. The van der Waals surface area contributed by atoms with Gasteiger partial charge in [-0.15, -0.1) is 0 Å². The molecule has 0 spiro atoms. The van der Waals surface area contributed by atoms with Crippen LogP contribution in [0.3, 0.4) is 0 Å². The summed E-state index contributed by atoms with van der Waals surface area (Å²) < 4.78 is 7.97. The van der Waals surface area contributed by atoms with Crippen LogP contribution in [0.4, 0.5) is 0 Å². The Labute approximate surface area is 428 Å². The molecule has 0 radical (unpaired) electrons. The van der Waals surface area contributed by atoms with Crippen molar-refractivity contribution in [2.45, 2.75) is 120 Å². The topological polar surface area (TPSA) is 75.0 Å². The first-order chi connectivity index (χ1) is 36.0. The van der Waals surface area contributed by atoms with Crippen molar-refractivity contribution in [3.05, 3.63) is 208 Å². The van der Waals surface area contributed by atoms with E-state index in [4.69, 9.17) is 4.99 Å². The second-order valence-corrected chi connectivity index (χ2v) is 21.8. The van der Waals surface area contributed by atoms with Gasteiger partial charge in [0.1, 0.15) is 18.2 Å². The lowest BCUT2D eigenvalue weighted by atomic mass is 9.80. The quantitative estimate of drug-likeness (QED) is 0.156. The van der Waals surface area contributed by atoms with Gasteiger partial charge in [-0.25, -0.2) is 4.99 Å². The summed E-state index contributed by atoms with van der Waals surface area (Å²) in [6.07, 6.45) is 28.6. The number of allylic oxidation sites excluding steroid dienone is 7. The second kappa shape index (κ2) is 18.0. The smallest absolute Gasteiger partial charge is 0.129 e. The molecule has 5 aliphatic carbocycles. The lowest BCUT2D eigenvalue weighted by Gasteiger charge is -2.41. The summed E-state index contributed by atoms with van der Waals surface area (Å²) in [4.78, 5) is 5.70. The Morgan fingerprint density at radius 3 is 2.30 bits per heavy atom. The Morgan fingerprint density at radius 1 is 0.712 bits per heavy atom. The van der Waals surface area contributed by atoms with Crippen molar-refractivity contribution in [3.8, 4) is 6.07 Å². The third-order valence-corrected chi connectivity index (χ3v) is 17.7. The van der Waals surface area contributed by atoms with E-state index in [1.807, 2.05) is 0 Å². The van der Waals surface area contributed by atoms with Crippen molar-refractivity contribution in [3.63, 3.8) is 0 Å². The third kappa shape index (κ3) is 7.19. The Hall–Kier alpha value is -7.40. The van der Waals surface area contributed by atoms with Crippen LogP contribution in [0.5, 0.6) is 0 Å². The Kier molecular flexibility index (Phi) is 10.9. The van der Waals surface area contributed by atoms with E-state index in [0.717, 1.165) is 74.8 Å². The number of hydrogen-bond acceptors (Lipinski definition) is 4. The van der Waals surface area contributed by atoms with Crippen LogP contribution in [0.2, 0.25) is 0 Å². The number of benzene rings is 5. The van der Waals surface area contributed by atoms with Crippen LogP contribution in [0.25, 0.3) is 49.7 Å². The van der Waals surface area contributed by atoms with E-state index in [9.17, 15) is 5.26 Å². The van der Waals surface area contributed by atoms with E-state index in [1.54, 1.807) is 0 Å². The highest BCUT2D eigenvalue weighted by Gasteiger charge is 2.42. The highest BCUT2D eigenvalue weighted by molar-refractivity contribution is 6.22. The molecule has 3 aromatic heterocycles. The van der Waals surface area contributed by atoms with Crippen LogP contribution < -0.4 is 10.6 Å². The van der Waals surface area contributed by atoms with Crippen molar-refractivity contribution in [1.29, 1.82) is 5.26 Å². The van der Waals surface area contributed by atoms with E-state index in [0.29, 0.717) is 11.8 Å². The number of hydrogen-bond donors (Lipinski definition) is 2. The summed E-state index contributed by atoms with van der Waals surface area (Å²) in [5.41, 5.74) is 17.2. The first-order valence-electron chi connectivity index (χ1n) is 27.2. The predicted octanol–water partition coefficient (Wildman–Crippen LogP) is 15.2. The number of aliphatic imine (C=N–C) groups is 1. The first kappa shape index (κ1) is 44.3. The van der Waals surface area contributed by atoms with Crippen molar-refractivity contribution in [1.82, 2.24) is 24.3 Å². The molecule has 0 amide bonds.